The molecule has 0 aliphatic rings. The van der Waals surface area contributed by atoms with Crippen molar-refractivity contribution in [3.8, 4) is 5.75 Å². The van der Waals surface area contributed by atoms with Crippen molar-refractivity contribution in [2.45, 2.75) is 130 Å². The van der Waals surface area contributed by atoms with E-state index in [0.717, 1.165) is 28.5 Å². The van der Waals surface area contributed by atoms with Gasteiger partial charge in [-0.2, -0.15) is 23.0 Å². The molecule has 0 fully saturated rings. The molecule has 20 heteroatoms. The SMILES string of the molecule is CC[Si](CC)(CC)OC(CN(CCOc1ccc2c(C(F)(F)F)nn(C(=O)OC(C)(C)C)c2c1)C(=O)OC(C)(C)C)c1ccc(Cl)c(N(CC(=O)OC(C)(C)C)S(=O)O)c1. The van der Waals surface area contributed by atoms with Crippen LogP contribution in [0.2, 0.25) is 23.2 Å². The number of carbonyl (C=O) groups is 3. The van der Waals surface area contributed by atoms with E-state index in [9.17, 15) is 36.3 Å². The lowest BCUT2D eigenvalue weighted by atomic mass is 10.1. The number of halogens is 4. The minimum Gasteiger partial charge on any atom is -0.492 e. The van der Waals surface area contributed by atoms with Crippen LogP contribution in [0.15, 0.2) is 36.4 Å². The Hall–Kier alpha value is -3.91. The predicted molar refractivity (Wildman–Crippen MR) is 226 cm³/mol. The van der Waals surface area contributed by atoms with Gasteiger partial charge in [-0.05, 0) is 110 Å². The average Bonchev–Trinajstić information content (AvgIpc) is 3.50. The van der Waals surface area contributed by atoms with Gasteiger partial charge in [0.25, 0.3) is 11.3 Å². The van der Waals surface area contributed by atoms with Crippen LogP contribution in [-0.2, 0) is 40.9 Å². The summed E-state index contributed by atoms with van der Waals surface area (Å²) in [5, 5.41) is 3.26. The third-order valence-corrected chi connectivity index (χ3v) is 14.6. The maximum atomic E-state index is 14.0. The summed E-state index contributed by atoms with van der Waals surface area (Å²) in [6.07, 6.45) is -7.54. The van der Waals surface area contributed by atoms with Crippen molar-refractivity contribution in [3.05, 3.63) is 52.7 Å². The van der Waals surface area contributed by atoms with Gasteiger partial charge in [0.05, 0.1) is 35.4 Å². The van der Waals surface area contributed by atoms with Crippen LogP contribution in [-0.4, -0.2) is 93.0 Å². The fourth-order valence-electron chi connectivity index (χ4n) is 6.04. The Morgan fingerprint density at radius 1 is 0.883 bits per heavy atom. The van der Waals surface area contributed by atoms with Crippen LogP contribution in [0.3, 0.4) is 0 Å². The predicted octanol–water partition coefficient (Wildman–Crippen LogP) is 10.2. The zero-order valence-corrected chi connectivity index (χ0v) is 38.9. The number of rotatable bonds is 16. The van der Waals surface area contributed by atoms with E-state index in [4.69, 9.17) is 35.0 Å². The Bertz CT molecular complexity index is 2000. The van der Waals surface area contributed by atoms with Gasteiger partial charge < -0.3 is 28.3 Å². The second-order valence-corrected chi connectivity index (χ2v) is 23.1. The van der Waals surface area contributed by atoms with E-state index >= 15 is 0 Å². The quantitative estimate of drug-likeness (QED) is 0.0631. The zero-order valence-electron chi connectivity index (χ0n) is 36.3. The number of esters is 1. The molecule has 0 spiro atoms. The third-order valence-electron chi connectivity index (χ3n) is 8.97. The molecule has 1 heterocycles. The van der Waals surface area contributed by atoms with E-state index in [1.54, 1.807) is 68.4 Å². The molecule has 0 aliphatic carbocycles. The second-order valence-electron chi connectivity index (χ2n) is 17.1. The fraction of sp³-hybridized carbons (Fsp3) is 0.600. The first kappa shape index (κ1) is 50.4. The Labute approximate surface area is 358 Å². The Kier molecular flexibility index (Phi) is 16.7. The minimum absolute atomic E-state index is 0.0491. The summed E-state index contributed by atoms with van der Waals surface area (Å²) in [6.45, 7) is 19.9. The molecule has 1 N–H and O–H groups in total. The standard InChI is InChI=1S/C40H58ClF3N4O10SSi/c1-13-60(14-2,15-3)58-32(26-16-19-29(41)31(22-26)47(59(52)53)25-33(49)55-37(4,5)6)24-46(35(50)56-38(7,8)9)20-21-54-27-17-18-28-30(23-27)48(36(51)57-39(10,11)12)45-34(28)40(42,43)44/h16-19,22-23,32H,13-15,20-21,24-25H2,1-12H3,(H,52,53). The molecule has 0 radical (unpaired) electrons. The van der Waals surface area contributed by atoms with Gasteiger partial charge in [-0.1, -0.05) is 38.4 Å². The Balaban J connectivity index is 2.07. The van der Waals surface area contributed by atoms with E-state index in [0.29, 0.717) is 10.2 Å². The Morgan fingerprint density at radius 2 is 1.47 bits per heavy atom. The number of fused-ring (bicyclic) bond motifs is 1. The molecular formula is C40H58ClF3N4O10SSi. The first-order chi connectivity index (χ1) is 27.5. The highest BCUT2D eigenvalue weighted by Crippen LogP contribution is 2.37. The number of aromatic nitrogens is 2. The molecule has 2 aromatic carbocycles. The monoisotopic (exact) mass is 906 g/mol. The molecule has 0 saturated heterocycles. The van der Waals surface area contributed by atoms with Gasteiger partial charge >= 0.3 is 24.3 Å². The summed E-state index contributed by atoms with van der Waals surface area (Å²) in [4.78, 5) is 41.0. The molecule has 14 nitrogen and oxygen atoms in total. The van der Waals surface area contributed by atoms with E-state index in [-0.39, 0.29) is 47.1 Å². The number of nitrogens with zero attached hydrogens (tertiary/aromatic N) is 4. The van der Waals surface area contributed by atoms with E-state index < -0.39 is 79.1 Å². The number of benzene rings is 2. The van der Waals surface area contributed by atoms with Crippen LogP contribution in [0.4, 0.5) is 28.4 Å². The number of alkyl halides is 3. The zero-order chi connectivity index (χ0) is 45.6. The van der Waals surface area contributed by atoms with Crippen molar-refractivity contribution >= 4 is 65.9 Å². The van der Waals surface area contributed by atoms with Gasteiger partial charge in [0.2, 0.25) is 0 Å². The summed E-state index contributed by atoms with van der Waals surface area (Å²) in [5.74, 6) is -0.685. The van der Waals surface area contributed by atoms with E-state index in [1.165, 1.54) is 29.2 Å². The number of hydrogen-bond acceptors (Lipinski definition) is 10. The molecule has 0 saturated carbocycles. The molecule has 0 bridgehead atoms. The molecule has 1 aromatic heterocycles. The van der Waals surface area contributed by atoms with Crippen molar-refractivity contribution in [2.24, 2.45) is 0 Å². The van der Waals surface area contributed by atoms with Crippen LogP contribution in [0.1, 0.15) is 100 Å². The summed E-state index contributed by atoms with van der Waals surface area (Å²) in [5.41, 5.74) is -3.73. The van der Waals surface area contributed by atoms with E-state index in [1.807, 2.05) is 20.8 Å². The van der Waals surface area contributed by atoms with Crippen molar-refractivity contribution in [1.82, 2.24) is 14.7 Å². The van der Waals surface area contributed by atoms with Gasteiger partial charge in [-0.3, -0.25) is 13.7 Å². The third kappa shape index (κ3) is 14.3. The second kappa shape index (κ2) is 19.9. The van der Waals surface area contributed by atoms with Crippen LogP contribution < -0.4 is 9.04 Å². The van der Waals surface area contributed by atoms with E-state index in [2.05, 4.69) is 5.10 Å². The largest absolute Gasteiger partial charge is 0.492 e. The lowest BCUT2D eigenvalue weighted by Crippen LogP contribution is -2.45. The normalized spacial score (nSPS) is 13.8. The van der Waals surface area contributed by atoms with Crippen molar-refractivity contribution in [3.63, 3.8) is 0 Å². The molecule has 2 unspecified atom stereocenters. The van der Waals surface area contributed by atoms with Gasteiger partial charge in [-0.25, -0.2) is 13.8 Å². The van der Waals surface area contributed by atoms with Crippen molar-refractivity contribution in [1.29, 1.82) is 0 Å². The maximum absolute atomic E-state index is 14.0. The van der Waals surface area contributed by atoms with Crippen molar-refractivity contribution in [2.75, 3.05) is 30.5 Å². The highest BCUT2D eigenvalue weighted by molar-refractivity contribution is 7.80. The van der Waals surface area contributed by atoms with Gasteiger partial charge in [-0.15, -0.1) is 0 Å². The summed E-state index contributed by atoms with van der Waals surface area (Å²) >= 11 is 3.88. The lowest BCUT2D eigenvalue weighted by Gasteiger charge is -2.37. The number of amides is 1. The molecular weight excluding hydrogens is 849 g/mol. The number of hydrogen-bond donors (Lipinski definition) is 1. The van der Waals surface area contributed by atoms with Gasteiger partial charge in [0.15, 0.2) is 14.0 Å². The van der Waals surface area contributed by atoms with Gasteiger partial charge in [0.1, 0.15) is 35.7 Å². The average molecular weight is 908 g/mol. The molecule has 0 aliphatic heterocycles. The maximum Gasteiger partial charge on any atom is 0.435 e. The lowest BCUT2D eigenvalue weighted by molar-refractivity contribution is -0.152. The first-order valence-corrected chi connectivity index (χ1v) is 23.5. The van der Waals surface area contributed by atoms with Crippen LogP contribution >= 0.6 is 11.6 Å². The summed E-state index contributed by atoms with van der Waals surface area (Å²) in [6, 6.07) is 10.6. The smallest absolute Gasteiger partial charge is 0.435 e. The highest BCUT2D eigenvalue weighted by Gasteiger charge is 2.39. The molecule has 3 aromatic rings. The van der Waals surface area contributed by atoms with Gasteiger partial charge in [0, 0.05) is 11.5 Å². The minimum atomic E-state index is -4.87. The number of ether oxygens (including phenoxy) is 4. The fourth-order valence-corrected chi connectivity index (χ4v) is 9.66. The molecule has 60 heavy (non-hydrogen) atoms. The van der Waals surface area contributed by atoms with Crippen LogP contribution in [0.25, 0.3) is 10.9 Å². The molecule has 3 rings (SSSR count). The summed E-state index contributed by atoms with van der Waals surface area (Å²) < 4.78 is 95.8. The molecule has 1 amide bonds. The number of anilines is 1. The first-order valence-electron chi connectivity index (χ1n) is 19.5. The number of carbonyl (C=O) groups excluding carboxylic acids is 3. The molecule has 2 atom stereocenters. The summed E-state index contributed by atoms with van der Waals surface area (Å²) in [7, 11) is -2.46. The van der Waals surface area contributed by atoms with Crippen LogP contribution in [0.5, 0.6) is 5.75 Å². The topological polar surface area (TPSA) is 159 Å². The highest BCUT2D eigenvalue weighted by atomic mass is 35.5. The van der Waals surface area contributed by atoms with Crippen molar-refractivity contribution < 1.29 is 59.7 Å². The Morgan fingerprint density at radius 3 is 1.98 bits per heavy atom. The molecule has 336 valence electrons. The van der Waals surface area contributed by atoms with Crippen LogP contribution in [0, 0.1) is 0 Å².